The van der Waals surface area contributed by atoms with Crippen LogP contribution in [0, 0.1) is 15.5 Å². The number of amides is 1. The van der Waals surface area contributed by atoms with Crippen LogP contribution in [0.25, 0.3) is 0 Å². The van der Waals surface area contributed by atoms with Gasteiger partial charge in [0.25, 0.3) is 5.69 Å². The number of non-ortho nitro benzene ring substituents is 1. The lowest BCUT2D eigenvalue weighted by Crippen LogP contribution is -2.42. The van der Waals surface area contributed by atoms with E-state index in [1.165, 1.54) is 12.1 Å². The van der Waals surface area contributed by atoms with E-state index in [4.69, 9.17) is 10.1 Å². The molecule has 1 aromatic carbocycles. The molecule has 0 spiro atoms. The Balaban J connectivity index is 2.76. The third-order valence-corrected chi connectivity index (χ3v) is 3.95. The van der Waals surface area contributed by atoms with Crippen molar-refractivity contribution in [3.8, 4) is 0 Å². The van der Waals surface area contributed by atoms with Gasteiger partial charge >= 0.3 is 6.09 Å². The minimum atomic E-state index is -0.577. The standard InChI is InChI=1S/C16H22IN3O4/c1-11(19(10-17)15(21)24-16(2,3)4)9-14(18)12-5-7-13(8-6-12)20(22)23/h5-8,11,18H,9-10H2,1-4H3/t11-/m1/s1. The lowest BCUT2D eigenvalue weighted by Gasteiger charge is -2.30. The highest BCUT2D eigenvalue weighted by Crippen LogP contribution is 2.18. The predicted molar refractivity (Wildman–Crippen MR) is 101 cm³/mol. The Morgan fingerprint density at radius 2 is 1.92 bits per heavy atom. The van der Waals surface area contributed by atoms with Crippen LogP contribution in [0.15, 0.2) is 24.3 Å². The SMILES string of the molecule is C[C@H](CC(=N)c1ccc([N+](=O)[O-])cc1)N(CI)C(=O)OC(C)(C)C. The Labute approximate surface area is 155 Å². The zero-order chi connectivity index (χ0) is 18.5. The molecule has 0 aliphatic rings. The molecule has 0 heterocycles. The van der Waals surface area contributed by atoms with Gasteiger partial charge in [0.15, 0.2) is 0 Å². The van der Waals surface area contributed by atoms with E-state index in [9.17, 15) is 14.9 Å². The fourth-order valence-corrected chi connectivity index (χ4v) is 2.93. The third kappa shape index (κ3) is 6.06. The molecule has 0 aliphatic carbocycles. The zero-order valence-corrected chi connectivity index (χ0v) is 16.4. The lowest BCUT2D eigenvalue weighted by atomic mass is 10.0. The normalized spacial score (nSPS) is 12.4. The number of hydrogen-bond acceptors (Lipinski definition) is 5. The van der Waals surface area contributed by atoms with E-state index in [0.29, 0.717) is 22.2 Å². The maximum atomic E-state index is 12.2. The van der Waals surface area contributed by atoms with Crippen LogP contribution >= 0.6 is 22.6 Å². The summed E-state index contributed by atoms with van der Waals surface area (Å²) in [4.78, 5) is 24.0. The number of nitrogens with one attached hydrogen (secondary N) is 1. The molecule has 0 aliphatic heterocycles. The van der Waals surface area contributed by atoms with Crippen molar-refractivity contribution in [2.24, 2.45) is 0 Å². The van der Waals surface area contributed by atoms with Gasteiger partial charge in [0.1, 0.15) is 5.60 Å². The molecule has 0 fully saturated rings. The molecule has 0 bridgehead atoms. The summed E-state index contributed by atoms with van der Waals surface area (Å²) < 4.78 is 5.82. The maximum absolute atomic E-state index is 12.2. The van der Waals surface area contributed by atoms with Crippen molar-refractivity contribution in [3.63, 3.8) is 0 Å². The highest BCUT2D eigenvalue weighted by atomic mass is 127. The molecule has 0 radical (unpaired) electrons. The number of halogens is 1. The molecule has 1 aromatic rings. The monoisotopic (exact) mass is 447 g/mol. The van der Waals surface area contributed by atoms with E-state index in [0.717, 1.165) is 0 Å². The van der Waals surface area contributed by atoms with E-state index in [1.54, 1.807) is 37.8 Å². The van der Waals surface area contributed by atoms with Crippen LogP contribution in [0.3, 0.4) is 0 Å². The number of alkyl halides is 1. The van der Waals surface area contributed by atoms with Gasteiger partial charge in [-0.2, -0.15) is 0 Å². The molecule has 7 nitrogen and oxygen atoms in total. The Morgan fingerprint density at radius 3 is 2.33 bits per heavy atom. The van der Waals surface area contributed by atoms with Crippen LogP contribution in [-0.2, 0) is 4.74 Å². The molecule has 0 unspecified atom stereocenters. The highest BCUT2D eigenvalue weighted by Gasteiger charge is 2.26. The van der Waals surface area contributed by atoms with Crippen LogP contribution < -0.4 is 0 Å². The third-order valence-electron chi connectivity index (χ3n) is 3.21. The molecular formula is C16H22IN3O4. The number of nitrogens with zero attached hydrogens (tertiary/aromatic N) is 2. The summed E-state index contributed by atoms with van der Waals surface area (Å²) in [7, 11) is 0. The minimum Gasteiger partial charge on any atom is -0.444 e. The summed E-state index contributed by atoms with van der Waals surface area (Å²) in [6.45, 7) is 7.27. The van der Waals surface area contributed by atoms with E-state index in [1.807, 2.05) is 6.92 Å². The number of benzene rings is 1. The summed E-state index contributed by atoms with van der Waals surface area (Å²) >= 11 is 2.08. The van der Waals surface area contributed by atoms with E-state index in [-0.39, 0.29) is 11.7 Å². The second-order valence-corrected chi connectivity index (χ2v) is 7.09. The summed E-state index contributed by atoms with van der Waals surface area (Å²) in [5, 5.41) is 18.8. The number of carbonyl (C=O) groups excluding carboxylic acids is 1. The number of ether oxygens (including phenoxy) is 1. The van der Waals surface area contributed by atoms with E-state index < -0.39 is 16.6 Å². The smallest absolute Gasteiger partial charge is 0.411 e. The average molecular weight is 447 g/mol. The molecular weight excluding hydrogens is 425 g/mol. The Bertz CT molecular complexity index is 611. The number of nitro groups is 1. The van der Waals surface area contributed by atoms with E-state index >= 15 is 0 Å². The van der Waals surface area contributed by atoms with Crippen LogP contribution in [-0.4, -0.2) is 37.8 Å². The van der Waals surface area contributed by atoms with Gasteiger partial charge < -0.3 is 10.1 Å². The van der Waals surface area contributed by atoms with E-state index in [2.05, 4.69) is 22.6 Å². The van der Waals surface area contributed by atoms with Gasteiger partial charge in [0.05, 0.1) is 9.47 Å². The molecule has 1 N–H and O–H groups in total. The number of hydrogen-bond donors (Lipinski definition) is 1. The maximum Gasteiger partial charge on any atom is 0.411 e. The van der Waals surface area contributed by atoms with Crippen molar-refractivity contribution >= 4 is 40.1 Å². The first-order valence-electron chi connectivity index (χ1n) is 7.43. The molecule has 0 saturated heterocycles. The van der Waals surface area contributed by atoms with Gasteiger partial charge in [-0.05, 0) is 45.4 Å². The summed E-state index contributed by atoms with van der Waals surface area (Å²) in [5.74, 6) is 0. The summed E-state index contributed by atoms with van der Waals surface area (Å²) in [6.07, 6.45) is -0.0824. The topological polar surface area (TPSA) is 96.5 Å². The van der Waals surface area contributed by atoms with Gasteiger partial charge in [-0.25, -0.2) is 4.79 Å². The average Bonchev–Trinajstić information content (AvgIpc) is 2.46. The molecule has 8 heteroatoms. The van der Waals surface area contributed by atoms with Gasteiger partial charge in [0, 0.05) is 30.3 Å². The predicted octanol–water partition coefficient (Wildman–Crippen LogP) is 4.37. The lowest BCUT2D eigenvalue weighted by molar-refractivity contribution is -0.384. The van der Waals surface area contributed by atoms with Crippen molar-refractivity contribution in [2.75, 3.05) is 4.55 Å². The number of nitro benzene ring substituents is 1. The van der Waals surface area contributed by atoms with Gasteiger partial charge in [0.2, 0.25) is 0 Å². The Hall–Kier alpha value is -1.71. The highest BCUT2D eigenvalue weighted by molar-refractivity contribution is 14.1. The second-order valence-electron chi connectivity index (χ2n) is 6.41. The van der Waals surface area contributed by atoms with Crippen LogP contribution in [0.1, 0.15) is 39.7 Å². The quantitative estimate of drug-likeness (QED) is 0.175. The van der Waals surface area contributed by atoms with Crippen LogP contribution in [0.5, 0.6) is 0 Å². The van der Waals surface area contributed by atoms with Crippen LogP contribution in [0.2, 0.25) is 0 Å². The molecule has 1 atom stereocenters. The largest absolute Gasteiger partial charge is 0.444 e. The fourth-order valence-electron chi connectivity index (χ4n) is 1.97. The number of carbonyl (C=O) groups is 1. The van der Waals surface area contributed by atoms with Gasteiger partial charge in [-0.3, -0.25) is 15.0 Å². The van der Waals surface area contributed by atoms with Crippen molar-refractivity contribution in [3.05, 3.63) is 39.9 Å². The minimum absolute atomic E-state index is 0.0118. The van der Waals surface area contributed by atoms with Crippen molar-refractivity contribution in [2.45, 2.75) is 45.8 Å². The fraction of sp³-hybridized carbons (Fsp3) is 0.500. The summed E-state index contributed by atoms with van der Waals surface area (Å²) in [5.41, 5.74) is 0.329. The Kier molecular flexibility index (Phi) is 7.12. The first kappa shape index (κ1) is 20.3. The van der Waals surface area contributed by atoms with Gasteiger partial charge in [-0.1, -0.05) is 22.6 Å². The van der Waals surface area contributed by atoms with Crippen LogP contribution in [0.4, 0.5) is 10.5 Å². The summed E-state index contributed by atoms with van der Waals surface area (Å²) in [6, 6.07) is 5.63. The van der Waals surface area contributed by atoms with Crippen molar-refractivity contribution in [1.29, 1.82) is 5.41 Å². The zero-order valence-electron chi connectivity index (χ0n) is 14.2. The Morgan fingerprint density at radius 1 is 1.38 bits per heavy atom. The molecule has 24 heavy (non-hydrogen) atoms. The molecule has 0 saturated carbocycles. The molecule has 0 aromatic heterocycles. The van der Waals surface area contributed by atoms with Gasteiger partial charge in [-0.15, -0.1) is 0 Å². The first-order chi connectivity index (χ1) is 11.0. The first-order valence-corrected chi connectivity index (χ1v) is 8.95. The number of rotatable bonds is 6. The van der Waals surface area contributed by atoms with Crippen molar-refractivity contribution < 1.29 is 14.5 Å². The van der Waals surface area contributed by atoms with Crippen molar-refractivity contribution in [1.82, 2.24) is 4.90 Å². The molecule has 1 amide bonds. The molecule has 132 valence electrons. The molecule has 1 rings (SSSR count). The second kappa shape index (κ2) is 8.41.